The summed E-state index contributed by atoms with van der Waals surface area (Å²) < 4.78 is 72.0. The SMILES string of the molecule is C=C(C)[C@]12CC[C@H]3[C@@H]4CCC5=CC(=O)CCC5=C4[C@@H](c4ccc(OS(=O)(=O)C(F)(F)F)cc4)C[C@@]31O2. The summed E-state index contributed by atoms with van der Waals surface area (Å²) in [6.07, 6.45) is 7.46. The molecule has 5 aliphatic rings. The molecule has 9 heteroatoms. The third kappa shape index (κ3) is 3.24. The minimum absolute atomic E-state index is 0.0502. The first kappa shape index (κ1) is 24.0. The first-order valence-corrected chi connectivity index (χ1v) is 13.7. The topological polar surface area (TPSA) is 73.0 Å². The van der Waals surface area contributed by atoms with Gasteiger partial charge in [-0.3, -0.25) is 4.79 Å². The zero-order valence-electron chi connectivity index (χ0n) is 19.9. The largest absolute Gasteiger partial charge is 0.534 e. The number of rotatable bonds is 4. The Morgan fingerprint density at radius 2 is 1.86 bits per heavy atom. The molecule has 3 fully saturated rings. The average molecular weight is 521 g/mol. The molecule has 36 heavy (non-hydrogen) atoms. The molecule has 1 heterocycles. The standard InChI is InChI=1S/C27H27F3O5S/c1-15(2)25-12-11-23-21-9-5-17-13-18(31)6-10-20(17)24(21)22(14-26(23,25)35-25)16-3-7-19(8-4-16)34-36(32,33)27(28,29)30/h3-4,7-8,13,21-23H,1,5-6,9-12,14H2,2H3/t21-,22+,23-,25+,26+/m0/s1. The van der Waals surface area contributed by atoms with Crippen molar-refractivity contribution in [2.24, 2.45) is 11.8 Å². The van der Waals surface area contributed by atoms with Gasteiger partial charge in [0.25, 0.3) is 0 Å². The molecule has 5 nitrogen and oxygen atoms in total. The van der Waals surface area contributed by atoms with Gasteiger partial charge in [0.15, 0.2) is 5.78 Å². The van der Waals surface area contributed by atoms with Gasteiger partial charge in [0.05, 0.1) is 0 Å². The lowest BCUT2D eigenvalue weighted by Crippen LogP contribution is -2.42. The van der Waals surface area contributed by atoms with Gasteiger partial charge < -0.3 is 8.92 Å². The molecule has 0 radical (unpaired) electrons. The van der Waals surface area contributed by atoms with E-state index in [1.165, 1.54) is 23.3 Å². The minimum Gasteiger partial charge on any atom is -0.376 e. The molecule has 1 spiro atoms. The lowest BCUT2D eigenvalue weighted by molar-refractivity contribution is -0.114. The molecule has 192 valence electrons. The van der Waals surface area contributed by atoms with Crippen LogP contribution in [0.2, 0.25) is 0 Å². The van der Waals surface area contributed by atoms with Crippen molar-refractivity contribution in [1.82, 2.24) is 0 Å². The molecule has 5 atom stereocenters. The highest BCUT2D eigenvalue weighted by atomic mass is 32.2. The number of carbonyl (C=O) groups excluding carboxylic acids is 1. The van der Waals surface area contributed by atoms with Crippen LogP contribution in [-0.2, 0) is 19.6 Å². The van der Waals surface area contributed by atoms with E-state index in [-0.39, 0.29) is 28.7 Å². The zero-order chi connectivity index (χ0) is 25.7. The summed E-state index contributed by atoms with van der Waals surface area (Å²) in [6.45, 7) is 6.24. The number of alkyl halides is 3. The molecule has 1 aromatic carbocycles. The Morgan fingerprint density at radius 1 is 1.14 bits per heavy atom. The smallest absolute Gasteiger partial charge is 0.376 e. The van der Waals surface area contributed by atoms with Crippen LogP contribution >= 0.6 is 0 Å². The van der Waals surface area contributed by atoms with Crippen LogP contribution < -0.4 is 4.18 Å². The number of allylic oxidation sites excluding steroid dienone is 4. The van der Waals surface area contributed by atoms with Gasteiger partial charge in [0, 0.05) is 12.3 Å². The second kappa shape index (κ2) is 7.57. The number of fused-ring (bicyclic) bond motifs is 3. The van der Waals surface area contributed by atoms with Gasteiger partial charge in [-0.2, -0.15) is 21.6 Å². The van der Waals surface area contributed by atoms with E-state index in [9.17, 15) is 26.4 Å². The molecule has 1 aliphatic heterocycles. The van der Waals surface area contributed by atoms with Gasteiger partial charge in [-0.15, -0.1) is 0 Å². The molecule has 0 N–H and O–H groups in total. The van der Waals surface area contributed by atoms with Gasteiger partial charge in [-0.1, -0.05) is 24.3 Å². The lowest BCUT2D eigenvalue weighted by Gasteiger charge is -2.46. The molecule has 0 bridgehead atoms. The first-order valence-electron chi connectivity index (χ1n) is 12.3. The Hall–Kier alpha value is -2.39. The van der Waals surface area contributed by atoms with Crippen LogP contribution in [0.3, 0.4) is 0 Å². The predicted octanol–water partition coefficient (Wildman–Crippen LogP) is 5.89. The van der Waals surface area contributed by atoms with E-state index in [0.29, 0.717) is 24.7 Å². The Bertz CT molecular complexity index is 1340. The molecule has 1 saturated heterocycles. The molecule has 6 rings (SSSR count). The van der Waals surface area contributed by atoms with Crippen molar-refractivity contribution in [3.8, 4) is 5.75 Å². The van der Waals surface area contributed by atoms with Crippen LogP contribution in [0, 0.1) is 11.8 Å². The normalized spacial score (nSPS) is 35.3. The third-order valence-electron chi connectivity index (χ3n) is 9.05. The van der Waals surface area contributed by atoms with Crippen molar-refractivity contribution in [2.45, 2.75) is 74.5 Å². The maximum absolute atomic E-state index is 12.8. The van der Waals surface area contributed by atoms with Crippen LogP contribution in [0.25, 0.3) is 0 Å². The third-order valence-corrected chi connectivity index (χ3v) is 10.0. The Labute approximate surface area is 208 Å². The Balaban J connectivity index is 1.41. The van der Waals surface area contributed by atoms with Crippen LogP contribution in [-0.4, -0.2) is 30.9 Å². The number of ketones is 1. The summed E-state index contributed by atoms with van der Waals surface area (Å²) in [6, 6.07) is 5.86. The summed E-state index contributed by atoms with van der Waals surface area (Å²) in [7, 11) is -5.74. The van der Waals surface area contributed by atoms with Crippen molar-refractivity contribution >= 4 is 15.9 Å². The second-order valence-electron chi connectivity index (χ2n) is 10.8. The molecule has 0 unspecified atom stereocenters. The highest BCUT2D eigenvalue weighted by Gasteiger charge is 2.79. The lowest BCUT2D eigenvalue weighted by atomic mass is 9.57. The number of hydrogen-bond acceptors (Lipinski definition) is 5. The van der Waals surface area contributed by atoms with Gasteiger partial charge in [-0.05, 0) is 97.8 Å². The molecule has 1 aromatic rings. The van der Waals surface area contributed by atoms with E-state index < -0.39 is 15.6 Å². The molecular formula is C27H27F3O5S. The van der Waals surface area contributed by atoms with Gasteiger partial charge >= 0.3 is 15.6 Å². The van der Waals surface area contributed by atoms with Crippen LogP contribution in [0.1, 0.15) is 63.4 Å². The Kier molecular flexibility index (Phi) is 5.04. The van der Waals surface area contributed by atoms with E-state index >= 15 is 0 Å². The van der Waals surface area contributed by atoms with Crippen molar-refractivity contribution in [2.75, 3.05) is 0 Å². The van der Waals surface area contributed by atoms with Crippen molar-refractivity contribution < 1.29 is 35.3 Å². The van der Waals surface area contributed by atoms with Crippen LogP contribution in [0.5, 0.6) is 5.75 Å². The van der Waals surface area contributed by atoms with Crippen LogP contribution in [0.4, 0.5) is 13.2 Å². The fourth-order valence-corrected chi connectivity index (χ4v) is 8.05. The molecular weight excluding hydrogens is 493 g/mol. The van der Waals surface area contributed by atoms with Crippen LogP contribution in [0.15, 0.2) is 59.2 Å². The number of carbonyl (C=O) groups is 1. The fourth-order valence-electron chi connectivity index (χ4n) is 7.59. The van der Waals surface area contributed by atoms with E-state index in [1.54, 1.807) is 18.2 Å². The average Bonchev–Trinajstić information content (AvgIpc) is 3.34. The summed E-state index contributed by atoms with van der Waals surface area (Å²) in [4.78, 5) is 12.1. The fraction of sp³-hybridized carbons (Fsp3) is 0.519. The number of ether oxygens (including phenoxy) is 1. The number of epoxide rings is 1. The highest BCUT2D eigenvalue weighted by Crippen LogP contribution is 2.74. The van der Waals surface area contributed by atoms with E-state index in [1.807, 2.05) is 6.92 Å². The Morgan fingerprint density at radius 3 is 2.50 bits per heavy atom. The molecule has 4 aliphatic carbocycles. The van der Waals surface area contributed by atoms with Gasteiger partial charge in [0.1, 0.15) is 17.0 Å². The minimum atomic E-state index is -5.74. The monoisotopic (exact) mass is 520 g/mol. The zero-order valence-corrected chi connectivity index (χ0v) is 20.7. The summed E-state index contributed by atoms with van der Waals surface area (Å²) in [5, 5.41) is 0. The molecule has 0 amide bonds. The maximum Gasteiger partial charge on any atom is 0.534 e. The number of hydrogen-bond donors (Lipinski definition) is 0. The summed E-state index contributed by atoms with van der Waals surface area (Å²) in [5.74, 6) is 0.382. The highest BCUT2D eigenvalue weighted by molar-refractivity contribution is 7.88. The molecule has 2 saturated carbocycles. The van der Waals surface area contributed by atoms with E-state index in [2.05, 4.69) is 10.8 Å². The van der Waals surface area contributed by atoms with Crippen molar-refractivity contribution in [1.29, 1.82) is 0 Å². The maximum atomic E-state index is 12.8. The van der Waals surface area contributed by atoms with E-state index in [4.69, 9.17) is 4.74 Å². The first-order chi connectivity index (χ1) is 16.9. The van der Waals surface area contributed by atoms with Gasteiger partial charge in [-0.25, -0.2) is 0 Å². The van der Waals surface area contributed by atoms with Crippen molar-refractivity contribution in [3.63, 3.8) is 0 Å². The van der Waals surface area contributed by atoms with Crippen molar-refractivity contribution in [3.05, 3.63) is 64.8 Å². The van der Waals surface area contributed by atoms with E-state index in [0.717, 1.165) is 48.8 Å². The number of halogens is 3. The second-order valence-corrected chi connectivity index (χ2v) is 12.3. The summed E-state index contributed by atoms with van der Waals surface area (Å²) >= 11 is 0. The summed E-state index contributed by atoms with van der Waals surface area (Å²) in [5.41, 5.74) is -0.546. The van der Waals surface area contributed by atoms with Gasteiger partial charge in [0.2, 0.25) is 0 Å². The number of benzene rings is 1. The molecule has 0 aromatic heterocycles. The quantitative estimate of drug-likeness (QED) is 0.214. The predicted molar refractivity (Wildman–Crippen MR) is 126 cm³/mol.